The summed E-state index contributed by atoms with van der Waals surface area (Å²) < 4.78 is 5.31. The van der Waals surface area contributed by atoms with Gasteiger partial charge in [0.2, 0.25) is 0 Å². The standard InChI is InChI=1S/C16H20N2OS/c1-19-16-4-2-3-15(11-16)18-8-6-17(7-9-18)12-14-5-10-20-13-14/h2-5,10-11,13H,6-9,12H2,1H3/p+1. The first-order valence-electron chi connectivity index (χ1n) is 7.09. The van der Waals surface area contributed by atoms with Crippen LogP contribution in [0.25, 0.3) is 0 Å². The van der Waals surface area contributed by atoms with E-state index in [9.17, 15) is 0 Å². The van der Waals surface area contributed by atoms with E-state index >= 15 is 0 Å². The third-order valence-electron chi connectivity index (χ3n) is 3.92. The molecule has 0 bridgehead atoms. The van der Waals surface area contributed by atoms with Crippen LogP contribution in [0.2, 0.25) is 0 Å². The van der Waals surface area contributed by atoms with Crippen LogP contribution in [0.5, 0.6) is 5.75 Å². The van der Waals surface area contributed by atoms with Gasteiger partial charge >= 0.3 is 0 Å². The number of thiophene rings is 1. The minimum absolute atomic E-state index is 0.940. The first-order valence-corrected chi connectivity index (χ1v) is 8.03. The molecule has 1 aliphatic rings. The molecule has 1 saturated heterocycles. The smallest absolute Gasteiger partial charge is 0.120 e. The highest BCUT2D eigenvalue weighted by atomic mass is 32.1. The summed E-state index contributed by atoms with van der Waals surface area (Å²) in [6.07, 6.45) is 0. The molecule has 2 aromatic rings. The SMILES string of the molecule is COc1cccc(N2CC[NH+](Cc3ccsc3)CC2)c1. The molecule has 0 amide bonds. The minimum Gasteiger partial charge on any atom is -0.497 e. The molecular weight excluding hydrogens is 268 g/mol. The zero-order valence-electron chi connectivity index (χ0n) is 11.8. The van der Waals surface area contributed by atoms with Crippen molar-refractivity contribution in [2.75, 3.05) is 38.2 Å². The monoisotopic (exact) mass is 289 g/mol. The molecule has 0 spiro atoms. The lowest BCUT2D eigenvalue weighted by atomic mass is 10.2. The number of piperazine rings is 1. The third kappa shape index (κ3) is 3.14. The Labute approximate surface area is 124 Å². The lowest BCUT2D eigenvalue weighted by Crippen LogP contribution is -3.13. The maximum atomic E-state index is 5.31. The molecule has 0 saturated carbocycles. The van der Waals surface area contributed by atoms with E-state index in [1.165, 1.54) is 24.3 Å². The molecule has 1 aromatic carbocycles. The fourth-order valence-corrected chi connectivity index (χ4v) is 3.42. The van der Waals surface area contributed by atoms with Crippen molar-refractivity contribution < 1.29 is 9.64 Å². The predicted octanol–water partition coefficient (Wildman–Crippen LogP) is 1.66. The average Bonchev–Trinajstić information content (AvgIpc) is 3.01. The molecule has 1 aromatic heterocycles. The number of rotatable bonds is 4. The molecule has 0 aliphatic carbocycles. The van der Waals surface area contributed by atoms with Crippen LogP contribution < -0.4 is 14.5 Å². The Bertz CT molecular complexity index is 533. The summed E-state index contributed by atoms with van der Waals surface area (Å²) >= 11 is 1.79. The summed E-state index contributed by atoms with van der Waals surface area (Å²) in [4.78, 5) is 4.14. The van der Waals surface area contributed by atoms with Gasteiger partial charge in [-0.3, -0.25) is 0 Å². The van der Waals surface area contributed by atoms with Crippen LogP contribution >= 0.6 is 11.3 Å². The number of hydrogen-bond donors (Lipinski definition) is 1. The summed E-state index contributed by atoms with van der Waals surface area (Å²) in [7, 11) is 1.72. The molecule has 1 fully saturated rings. The first-order chi connectivity index (χ1) is 9.85. The zero-order valence-corrected chi connectivity index (χ0v) is 12.7. The highest BCUT2D eigenvalue weighted by Gasteiger charge is 2.20. The Balaban J connectivity index is 1.57. The largest absolute Gasteiger partial charge is 0.497 e. The predicted molar refractivity (Wildman–Crippen MR) is 83.9 cm³/mol. The summed E-state index contributed by atoms with van der Waals surface area (Å²) in [5, 5.41) is 4.43. The summed E-state index contributed by atoms with van der Waals surface area (Å²) in [6.45, 7) is 5.80. The van der Waals surface area contributed by atoms with Crippen LogP contribution in [0.15, 0.2) is 41.1 Å². The number of methoxy groups -OCH3 is 1. The Morgan fingerprint density at radius 1 is 1.25 bits per heavy atom. The Kier molecular flexibility index (Phi) is 4.23. The highest BCUT2D eigenvalue weighted by Crippen LogP contribution is 2.20. The fraction of sp³-hybridized carbons (Fsp3) is 0.375. The van der Waals surface area contributed by atoms with Crippen LogP contribution in [-0.4, -0.2) is 33.3 Å². The molecule has 0 atom stereocenters. The second-order valence-corrected chi connectivity index (χ2v) is 6.03. The molecule has 1 aliphatic heterocycles. The van der Waals surface area contributed by atoms with E-state index < -0.39 is 0 Å². The molecule has 20 heavy (non-hydrogen) atoms. The van der Waals surface area contributed by atoms with E-state index in [1.54, 1.807) is 23.3 Å². The van der Waals surface area contributed by atoms with Crippen molar-refractivity contribution in [1.29, 1.82) is 0 Å². The van der Waals surface area contributed by atoms with E-state index in [2.05, 4.69) is 39.9 Å². The summed E-state index contributed by atoms with van der Waals surface area (Å²) in [6, 6.07) is 10.6. The van der Waals surface area contributed by atoms with Crippen molar-refractivity contribution in [3.8, 4) is 5.75 Å². The van der Waals surface area contributed by atoms with E-state index in [4.69, 9.17) is 4.74 Å². The summed E-state index contributed by atoms with van der Waals surface area (Å²) in [5.74, 6) is 0.940. The van der Waals surface area contributed by atoms with E-state index in [1.807, 2.05) is 6.07 Å². The van der Waals surface area contributed by atoms with Gasteiger partial charge in [-0.05, 0) is 29.0 Å². The fourth-order valence-electron chi connectivity index (χ4n) is 2.75. The molecule has 3 nitrogen and oxygen atoms in total. The number of hydrogen-bond acceptors (Lipinski definition) is 3. The second-order valence-electron chi connectivity index (χ2n) is 5.25. The topological polar surface area (TPSA) is 16.9 Å². The number of quaternary nitrogens is 1. The quantitative estimate of drug-likeness (QED) is 0.922. The molecule has 2 heterocycles. The molecule has 0 unspecified atom stereocenters. The molecular formula is C16H21N2OS+. The van der Waals surface area contributed by atoms with Crippen molar-refractivity contribution in [2.45, 2.75) is 6.54 Å². The lowest BCUT2D eigenvalue weighted by molar-refractivity contribution is -0.914. The lowest BCUT2D eigenvalue weighted by Gasteiger charge is -2.33. The Morgan fingerprint density at radius 2 is 2.10 bits per heavy atom. The van der Waals surface area contributed by atoms with Gasteiger partial charge in [0.15, 0.2) is 0 Å². The van der Waals surface area contributed by atoms with Crippen molar-refractivity contribution in [1.82, 2.24) is 0 Å². The van der Waals surface area contributed by atoms with Crippen molar-refractivity contribution in [3.05, 3.63) is 46.7 Å². The van der Waals surface area contributed by atoms with Crippen molar-refractivity contribution in [2.24, 2.45) is 0 Å². The van der Waals surface area contributed by atoms with Gasteiger partial charge in [-0.1, -0.05) is 6.07 Å². The van der Waals surface area contributed by atoms with Crippen molar-refractivity contribution >= 4 is 17.0 Å². The van der Waals surface area contributed by atoms with Gasteiger partial charge in [0.05, 0.1) is 33.3 Å². The van der Waals surface area contributed by atoms with Gasteiger partial charge in [0, 0.05) is 17.3 Å². The maximum Gasteiger partial charge on any atom is 0.120 e. The average molecular weight is 289 g/mol. The molecule has 1 N–H and O–H groups in total. The zero-order chi connectivity index (χ0) is 13.8. The first kappa shape index (κ1) is 13.5. The second kappa shape index (κ2) is 6.29. The number of ether oxygens (including phenoxy) is 1. The van der Waals surface area contributed by atoms with Gasteiger partial charge in [-0.2, -0.15) is 11.3 Å². The van der Waals surface area contributed by atoms with Gasteiger partial charge in [0.25, 0.3) is 0 Å². The molecule has 106 valence electrons. The molecule has 4 heteroatoms. The maximum absolute atomic E-state index is 5.31. The van der Waals surface area contributed by atoms with Gasteiger partial charge in [0.1, 0.15) is 12.3 Å². The van der Waals surface area contributed by atoms with Gasteiger partial charge < -0.3 is 14.5 Å². The minimum atomic E-state index is 0.940. The molecule has 3 rings (SSSR count). The van der Waals surface area contributed by atoms with Crippen LogP contribution in [0, 0.1) is 0 Å². The Morgan fingerprint density at radius 3 is 2.80 bits per heavy atom. The normalized spacial score (nSPS) is 16.4. The van der Waals surface area contributed by atoms with Gasteiger partial charge in [-0.15, -0.1) is 0 Å². The highest BCUT2D eigenvalue weighted by molar-refractivity contribution is 7.07. The Hall–Kier alpha value is -1.52. The molecule has 0 radical (unpaired) electrons. The van der Waals surface area contributed by atoms with Crippen LogP contribution in [0.1, 0.15) is 5.56 Å². The number of nitrogens with zero attached hydrogens (tertiary/aromatic N) is 1. The van der Waals surface area contributed by atoms with E-state index in [0.29, 0.717) is 0 Å². The van der Waals surface area contributed by atoms with Crippen LogP contribution in [0.4, 0.5) is 5.69 Å². The third-order valence-corrected chi connectivity index (χ3v) is 4.66. The number of anilines is 1. The number of nitrogens with one attached hydrogen (secondary N) is 1. The number of benzene rings is 1. The van der Waals surface area contributed by atoms with Crippen LogP contribution in [-0.2, 0) is 6.54 Å². The van der Waals surface area contributed by atoms with Crippen molar-refractivity contribution in [3.63, 3.8) is 0 Å². The van der Waals surface area contributed by atoms with Gasteiger partial charge in [-0.25, -0.2) is 0 Å². The van der Waals surface area contributed by atoms with E-state index in [0.717, 1.165) is 25.4 Å². The van der Waals surface area contributed by atoms with E-state index in [-0.39, 0.29) is 0 Å². The summed E-state index contributed by atoms with van der Waals surface area (Å²) in [5.41, 5.74) is 2.75. The van der Waals surface area contributed by atoms with Crippen LogP contribution in [0.3, 0.4) is 0 Å².